The maximum absolute atomic E-state index is 11.5. The van der Waals surface area contributed by atoms with Crippen molar-refractivity contribution in [3.63, 3.8) is 0 Å². The van der Waals surface area contributed by atoms with Gasteiger partial charge in [0, 0.05) is 12.1 Å². The van der Waals surface area contributed by atoms with Gasteiger partial charge in [0.1, 0.15) is 5.76 Å². The van der Waals surface area contributed by atoms with E-state index in [1.165, 1.54) is 20.0 Å². The molecular formula is C15H24N2O3. The van der Waals surface area contributed by atoms with Crippen molar-refractivity contribution in [3.05, 3.63) is 23.2 Å². The van der Waals surface area contributed by atoms with Crippen LogP contribution in [0.2, 0.25) is 0 Å². The Morgan fingerprint density at radius 1 is 1.60 bits per heavy atom. The number of hydrogen-bond donors (Lipinski definition) is 1. The number of nitrogens with one attached hydrogen (secondary N) is 1. The Balaban J connectivity index is 1.90. The third-order valence-electron chi connectivity index (χ3n) is 3.73. The third-order valence-corrected chi connectivity index (χ3v) is 3.73. The molecule has 0 aliphatic carbocycles. The summed E-state index contributed by atoms with van der Waals surface area (Å²) in [6.45, 7) is 5.86. The van der Waals surface area contributed by atoms with E-state index in [9.17, 15) is 4.79 Å². The van der Waals surface area contributed by atoms with Crippen molar-refractivity contribution in [3.8, 4) is 0 Å². The third kappa shape index (κ3) is 3.84. The summed E-state index contributed by atoms with van der Waals surface area (Å²) in [5.74, 6) is 1.42. The fourth-order valence-electron chi connectivity index (χ4n) is 2.77. The highest BCUT2D eigenvalue weighted by atomic mass is 16.5. The van der Waals surface area contributed by atoms with Gasteiger partial charge in [-0.1, -0.05) is 0 Å². The fraction of sp³-hybridized carbons (Fsp3) is 0.667. The molecule has 0 bridgehead atoms. The Morgan fingerprint density at radius 2 is 2.40 bits per heavy atom. The molecule has 1 aromatic rings. The number of aryl methyl sites for hydroxylation is 1. The maximum atomic E-state index is 11.5. The maximum Gasteiger partial charge on any atom is 0.374 e. The number of hydrogen-bond acceptors (Lipinski definition) is 5. The van der Waals surface area contributed by atoms with Gasteiger partial charge in [0.2, 0.25) is 5.76 Å². The van der Waals surface area contributed by atoms with Gasteiger partial charge in [0.15, 0.2) is 0 Å². The molecule has 1 saturated heterocycles. The van der Waals surface area contributed by atoms with Crippen LogP contribution in [-0.4, -0.2) is 44.7 Å². The summed E-state index contributed by atoms with van der Waals surface area (Å²) >= 11 is 0. The lowest BCUT2D eigenvalue weighted by atomic mass is 9.99. The lowest BCUT2D eigenvalue weighted by Gasteiger charge is -2.27. The standard InChI is InChI=1S/C15H24N2O3/c1-11-7-13(20-14(11)15(18)19-3)10-17(2)9-12-5-4-6-16-8-12/h7,12,16H,4-6,8-10H2,1-3H3. The minimum absolute atomic E-state index is 0.315. The minimum atomic E-state index is -0.409. The van der Waals surface area contributed by atoms with Gasteiger partial charge in [-0.3, -0.25) is 4.90 Å². The summed E-state index contributed by atoms with van der Waals surface area (Å²) in [7, 11) is 3.45. The average molecular weight is 280 g/mol. The first-order valence-electron chi connectivity index (χ1n) is 7.17. The van der Waals surface area contributed by atoms with E-state index in [1.807, 2.05) is 13.0 Å². The molecule has 2 heterocycles. The number of methoxy groups -OCH3 is 1. The number of furan rings is 1. The Morgan fingerprint density at radius 3 is 3.05 bits per heavy atom. The molecule has 2 rings (SSSR count). The van der Waals surface area contributed by atoms with Gasteiger partial charge in [-0.2, -0.15) is 0 Å². The molecule has 1 aromatic heterocycles. The van der Waals surface area contributed by atoms with Crippen molar-refractivity contribution in [1.82, 2.24) is 10.2 Å². The highest BCUT2D eigenvalue weighted by molar-refractivity contribution is 5.87. The molecule has 0 spiro atoms. The second-order valence-corrected chi connectivity index (χ2v) is 5.63. The molecule has 112 valence electrons. The number of carbonyl (C=O) groups is 1. The summed E-state index contributed by atoms with van der Waals surface area (Å²) in [5.41, 5.74) is 0.833. The van der Waals surface area contributed by atoms with E-state index in [4.69, 9.17) is 9.15 Å². The second kappa shape index (κ2) is 6.90. The molecular weight excluding hydrogens is 256 g/mol. The Bertz CT molecular complexity index is 450. The summed E-state index contributed by atoms with van der Waals surface area (Å²) < 4.78 is 10.3. The topological polar surface area (TPSA) is 54.7 Å². The van der Waals surface area contributed by atoms with Crippen LogP contribution in [0, 0.1) is 12.8 Å². The molecule has 1 atom stereocenters. The van der Waals surface area contributed by atoms with E-state index >= 15 is 0 Å². The molecule has 0 aromatic carbocycles. The van der Waals surface area contributed by atoms with E-state index in [0.717, 1.165) is 31.0 Å². The molecule has 1 aliphatic rings. The second-order valence-electron chi connectivity index (χ2n) is 5.63. The van der Waals surface area contributed by atoms with E-state index in [0.29, 0.717) is 18.2 Å². The lowest BCUT2D eigenvalue weighted by molar-refractivity contribution is 0.0560. The van der Waals surface area contributed by atoms with E-state index in [2.05, 4.69) is 17.3 Å². The summed E-state index contributed by atoms with van der Waals surface area (Å²) in [5, 5.41) is 3.43. The van der Waals surface area contributed by atoms with Gasteiger partial charge in [-0.25, -0.2) is 4.79 Å². The first-order chi connectivity index (χ1) is 9.60. The minimum Gasteiger partial charge on any atom is -0.463 e. The first kappa shape index (κ1) is 15.1. The van der Waals surface area contributed by atoms with Crippen LogP contribution in [0.5, 0.6) is 0 Å². The zero-order valence-electron chi connectivity index (χ0n) is 12.6. The molecule has 0 saturated carbocycles. The van der Waals surface area contributed by atoms with E-state index in [-0.39, 0.29) is 0 Å². The van der Waals surface area contributed by atoms with Crippen molar-refractivity contribution < 1.29 is 13.9 Å². The van der Waals surface area contributed by atoms with Gasteiger partial charge in [0.25, 0.3) is 0 Å². The van der Waals surface area contributed by atoms with Crippen LogP contribution in [0.25, 0.3) is 0 Å². The Hall–Kier alpha value is -1.33. The molecule has 1 unspecified atom stereocenters. The molecule has 5 heteroatoms. The number of ether oxygens (including phenoxy) is 1. The van der Waals surface area contributed by atoms with E-state index in [1.54, 1.807) is 0 Å². The van der Waals surface area contributed by atoms with Crippen molar-refractivity contribution in [2.45, 2.75) is 26.3 Å². The highest BCUT2D eigenvalue weighted by Gasteiger charge is 2.19. The van der Waals surface area contributed by atoms with Crippen LogP contribution in [0.15, 0.2) is 10.5 Å². The first-order valence-corrected chi connectivity index (χ1v) is 7.17. The van der Waals surface area contributed by atoms with Crippen LogP contribution in [0.1, 0.15) is 34.7 Å². The molecule has 20 heavy (non-hydrogen) atoms. The Labute approximate surface area is 120 Å². The van der Waals surface area contributed by atoms with Crippen molar-refractivity contribution >= 4 is 5.97 Å². The SMILES string of the molecule is COC(=O)c1oc(CN(C)CC2CCCNC2)cc1C. The highest BCUT2D eigenvalue weighted by Crippen LogP contribution is 2.18. The van der Waals surface area contributed by atoms with Crippen LogP contribution >= 0.6 is 0 Å². The molecule has 0 radical (unpaired) electrons. The van der Waals surface area contributed by atoms with Crippen LogP contribution < -0.4 is 5.32 Å². The van der Waals surface area contributed by atoms with Gasteiger partial charge < -0.3 is 14.5 Å². The fourth-order valence-corrected chi connectivity index (χ4v) is 2.77. The smallest absolute Gasteiger partial charge is 0.374 e. The van der Waals surface area contributed by atoms with Crippen molar-refractivity contribution in [1.29, 1.82) is 0 Å². The van der Waals surface area contributed by atoms with Crippen LogP contribution in [0.4, 0.5) is 0 Å². The van der Waals surface area contributed by atoms with Crippen LogP contribution in [-0.2, 0) is 11.3 Å². The largest absolute Gasteiger partial charge is 0.463 e. The van der Waals surface area contributed by atoms with Gasteiger partial charge in [-0.05, 0) is 51.9 Å². The molecule has 5 nitrogen and oxygen atoms in total. The van der Waals surface area contributed by atoms with Crippen molar-refractivity contribution in [2.75, 3.05) is 33.8 Å². The quantitative estimate of drug-likeness (QED) is 0.834. The zero-order valence-corrected chi connectivity index (χ0v) is 12.6. The molecule has 1 fully saturated rings. The van der Waals surface area contributed by atoms with Gasteiger partial charge in [-0.15, -0.1) is 0 Å². The van der Waals surface area contributed by atoms with Gasteiger partial charge in [0.05, 0.1) is 13.7 Å². The lowest BCUT2D eigenvalue weighted by Crippen LogP contribution is -2.36. The van der Waals surface area contributed by atoms with E-state index < -0.39 is 5.97 Å². The molecule has 0 amide bonds. The van der Waals surface area contributed by atoms with Crippen LogP contribution in [0.3, 0.4) is 0 Å². The molecule has 1 aliphatic heterocycles. The monoisotopic (exact) mass is 280 g/mol. The number of rotatable bonds is 5. The summed E-state index contributed by atoms with van der Waals surface area (Å²) in [6, 6.07) is 1.92. The van der Waals surface area contributed by atoms with Gasteiger partial charge >= 0.3 is 5.97 Å². The predicted octanol–water partition coefficient (Wildman–Crippen LogP) is 1.81. The number of nitrogens with zero attached hydrogens (tertiary/aromatic N) is 1. The normalized spacial score (nSPS) is 19.3. The van der Waals surface area contributed by atoms with Crippen molar-refractivity contribution in [2.24, 2.45) is 5.92 Å². The summed E-state index contributed by atoms with van der Waals surface area (Å²) in [6.07, 6.45) is 2.53. The predicted molar refractivity (Wildman–Crippen MR) is 76.7 cm³/mol. The number of carbonyl (C=O) groups excluding carboxylic acids is 1. The summed E-state index contributed by atoms with van der Waals surface area (Å²) in [4.78, 5) is 13.8. The zero-order chi connectivity index (χ0) is 14.5. The molecule has 1 N–H and O–H groups in total. The number of piperidine rings is 1. The average Bonchev–Trinajstić information content (AvgIpc) is 2.79. The Kier molecular flexibility index (Phi) is 5.20. The number of esters is 1.